The maximum atomic E-state index is 13.4. The van der Waals surface area contributed by atoms with Crippen LogP contribution >= 0.6 is 46.1 Å². The first-order chi connectivity index (χ1) is 14.8. The number of benzene rings is 2. The molecule has 2 aromatic carbocycles. The summed E-state index contributed by atoms with van der Waals surface area (Å²) in [5.74, 6) is -0.542. The molecular weight excluding hydrogens is 479 g/mol. The molecule has 0 bridgehead atoms. The molecule has 2 heterocycles. The number of hydrogen-bond donors (Lipinski definition) is 0. The van der Waals surface area contributed by atoms with Gasteiger partial charge in [0.2, 0.25) is 0 Å². The molecule has 0 unspecified atom stereocenters. The van der Waals surface area contributed by atoms with E-state index in [-0.39, 0.29) is 5.56 Å². The minimum absolute atomic E-state index is 0.274. The molecule has 0 radical (unpaired) electrons. The van der Waals surface area contributed by atoms with E-state index in [1.165, 1.54) is 23.0 Å². The number of ether oxygens (including phenoxy) is 1. The molecule has 0 spiro atoms. The number of aromatic nitrogens is 1. The molecule has 9 heteroatoms. The maximum Gasteiger partial charge on any atom is 0.338 e. The van der Waals surface area contributed by atoms with Crippen LogP contribution in [0.3, 0.4) is 0 Å². The number of carbonyl (C=O) groups is 1. The van der Waals surface area contributed by atoms with Gasteiger partial charge < -0.3 is 4.74 Å². The summed E-state index contributed by atoms with van der Waals surface area (Å²) in [7, 11) is 1.30. The molecule has 0 N–H and O–H groups in total. The lowest BCUT2D eigenvalue weighted by molar-refractivity contribution is -0.136. The number of hydrogen-bond acceptors (Lipinski definition) is 5. The van der Waals surface area contributed by atoms with Crippen LogP contribution in [0.4, 0.5) is 0 Å². The summed E-state index contributed by atoms with van der Waals surface area (Å²) in [5, 5.41) is 1.38. The van der Waals surface area contributed by atoms with Crippen molar-refractivity contribution in [3.63, 3.8) is 0 Å². The fourth-order valence-electron chi connectivity index (χ4n) is 3.41. The monoisotopic (exact) mass is 492 g/mol. The average molecular weight is 494 g/mol. The first-order valence-corrected chi connectivity index (χ1v) is 11.1. The molecule has 0 aliphatic carbocycles. The lowest BCUT2D eigenvalue weighted by Gasteiger charge is -2.24. The summed E-state index contributed by atoms with van der Waals surface area (Å²) in [6, 6.07) is 11.4. The quantitative estimate of drug-likeness (QED) is 0.509. The average Bonchev–Trinajstić information content (AvgIpc) is 3.04. The molecule has 31 heavy (non-hydrogen) atoms. The van der Waals surface area contributed by atoms with Gasteiger partial charge in [-0.15, -0.1) is 0 Å². The van der Waals surface area contributed by atoms with Crippen LogP contribution in [-0.4, -0.2) is 17.6 Å². The van der Waals surface area contributed by atoms with Gasteiger partial charge in [-0.05, 0) is 48.4 Å². The van der Waals surface area contributed by atoms with Crippen LogP contribution in [-0.2, 0) is 9.53 Å². The predicted octanol–water partition coefficient (Wildman–Crippen LogP) is 4.37. The molecule has 3 aromatic rings. The van der Waals surface area contributed by atoms with Crippen LogP contribution in [0.15, 0.2) is 63.5 Å². The van der Waals surface area contributed by atoms with E-state index < -0.39 is 12.0 Å². The van der Waals surface area contributed by atoms with Crippen LogP contribution in [0, 0.1) is 0 Å². The number of esters is 1. The van der Waals surface area contributed by atoms with Gasteiger partial charge in [-0.1, -0.05) is 64.3 Å². The van der Waals surface area contributed by atoms with E-state index in [1.54, 1.807) is 55.5 Å². The van der Waals surface area contributed by atoms with Crippen molar-refractivity contribution in [2.24, 2.45) is 4.99 Å². The Morgan fingerprint density at radius 2 is 1.84 bits per heavy atom. The van der Waals surface area contributed by atoms with Crippen molar-refractivity contribution in [2.75, 3.05) is 7.11 Å². The lowest BCUT2D eigenvalue weighted by atomic mass is 9.96. The lowest BCUT2D eigenvalue weighted by Crippen LogP contribution is -2.39. The van der Waals surface area contributed by atoms with Crippen LogP contribution in [0.25, 0.3) is 6.08 Å². The molecule has 0 amide bonds. The third kappa shape index (κ3) is 4.08. The summed E-state index contributed by atoms with van der Waals surface area (Å²) in [5.41, 5.74) is 1.98. The SMILES string of the molecule is COC(=O)C1=C(C)N=c2s/c(=C\c3ccc(Cl)c(Cl)c3)c(=O)n2[C@H]1c1ccc(Cl)cc1. The highest BCUT2D eigenvalue weighted by Gasteiger charge is 2.33. The van der Waals surface area contributed by atoms with E-state index in [4.69, 9.17) is 39.5 Å². The topological polar surface area (TPSA) is 60.7 Å². The number of allylic oxidation sites excluding steroid dienone is 1. The molecule has 1 atom stereocenters. The smallest absolute Gasteiger partial charge is 0.338 e. The van der Waals surface area contributed by atoms with E-state index in [2.05, 4.69) is 4.99 Å². The highest BCUT2D eigenvalue weighted by molar-refractivity contribution is 7.07. The van der Waals surface area contributed by atoms with Gasteiger partial charge in [0.15, 0.2) is 4.80 Å². The second-order valence-corrected chi connectivity index (χ2v) is 9.06. The predicted molar refractivity (Wildman–Crippen MR) is 124 cm³/mol. The van der Waals surface area contributed by atoms with Gasteiger partial charge in [0.1, 0.15) is 0 Å². The molecule has 0 saturated heterocycles. The third-order valence-corrected chi connectivity index (χ3v) is 6.83. The summed E-state index contributed by atoms with van der Waals surface area (Å²) in [6.45, 7) is 1.73. The van der Waals surface area contributed by atoms with Crippen molar-refractivity contribution in [3.8, 4) is 0 Å². The Labute approximate surface area is 196 Å². The van der Waals surface area contributed by atoms with Crippen molar-refractivity contribution in [1.29, 1.82) is 0 Å². The van der Waals surface area contributed by atoms with E-state index in [0.29, 0.717) is 35.7 Å². The Morgan fingerprint density at radius 1 is 1.13 bits per heavy atom. The molecule has 0 saturated carbocycles. The fraction of sp³-hybridized carbons (Fsp3) is 0.136. The van der Waals surface area contributed by atoms with Crippen molar-refractivity contribution >= 4 is 58.2 Å². The zero-order valence-corrected chi connectivity index (χ0v) is 19.4. The molecule has 4 rings (SSSR count). The van der Waals surface area contributed by atoms with Gasteiger partial charge in [-0.25, -0.2) is 9.79 Å². The Hall–Kier alpha value is -2.38. The summed E-state index contributed by atoms with van der Waals surface area (Å²) >= 11 is 19.4. The highest BCUT2D eigenvalue weighted by atomic mass is 35.5. The number of rotatable bonds is 3. The minimum Gasteiger partial charge on any atom is -0.466 e. The summed E-state index contributed by atoms with van der Waals surface area (Å²) in [6.07, 6.45) is 1.72. The number of methoxy groups -OCH3 is 1. The van der Waals surface area contributed by atoms with E-state index in [0.717, 1.165) is 11.1 Å². The van der Waals surface area contributed by atoms with Gasteiger partial charge in [0, 0.05) is 5.02 Å². The van der Waals surface area contributed by atoms with E-state index in [9.17, 15) is 9.59 Å². The largest absolute Gasteiger partial charge is 0.466 e. The standard InChI is InChI=1S/C22H15Cl3N2O3S/c1-11-18(21(29)30-2)19(13-4-6-14(23)7-5-13)27-20(28)17(31-22(27)26-11)10-12-3-8-15(24)16(25)9-12/h3-10,19H,1-2H3/b17-10-/t19-/m0/s1. The maximum absolute atomic E-state index is 13.4. The zero-order valence-electron chi connectivity index (χ0n) is 16.4. The molecule has 1 aliphatic heterocycles. The third-order valence-electron chi connectivity index (χ3n) is 4.85. The number of halogens is 3. The fourth-order valence-corrected chi connectivity index (χ4v) is 4.89. The van der Waals surface area contributed by atoms with E-state index in [1.807, 2.05) is 0 Å². The van der Waals surface area contributed by atoms with E-state index >= 15 is 0 Å². The number of thiazole rings is 1. The highest BCUT2D eigenvalue weighted by Crippen LogP contribution is 2.31. The van der Waals surface area contributed by atoms with Gasteiger partial charge in [-0.3, -0.25) is 9.36 Å². The Morgan fingerprint density at radius 3 is 2.48 bits per heavy atom. The first-order valence-electron chi connectivity index (χ1n) is 9.11. The molecule has 1 aliphatic rings. The zero-order chi connectivity index (χ0) is 22.3. The Bertz CT molecular complexity index is 1410. The molecule has 5 nitrogen and oxygen atoms in total. The number of fused-ring (bicyclic) bond motifs is 1. The Balaban J connectivity index is 1.97. The van der Waals surface area contributed by atoms with Crippen LogP contribution in [0.1, 0.15) is 24.1 Å². The van der Waals surface area contributed by atoms with Gasteiger partial charge in [0.25, 0.3) is 5.56 Å². The van der Waals surface area contributed by atoms with Crippen molar-refractivity contribution in [1.82, 2.24) is 4.57 Å². The number of carbonyl (C=O) groups excluding carboxylic acids is 1. The Kier molecular flexibility index (Phi) is 6.08. The van der Waals surface area contributed by atoms with Crippen molar-refractivity contribution in [3.05, 3.63) is 99.6 Å². The van der Waals surface area contributed by atoms with Gasteiger partial charge in [-0.2, -0.15) is 0 Å². The first kappa shape index (κ1) is 21.8. The number of nitrogens with zero attached hydrogens (tertiary/aromatic N) is 2. The molecule has 1 aromatic heterocycles. The minimum atomic E-state index is -0.683. The second kappa shape index (κ2) is 8.63. The van der Waals surface area contributed by atoms with Crippen LogP contribution < -0.4 is 14.9 Å². The van der Waals surface area contributed by atoms with Gasteiger partial charge in [0.05, 0.1) is 39.0 Å². The van der Waals surface area contributed by atoms with Crippen molar-refractivity contribution in [2.45, 2.75) is 13.0 Å². The van der Waals surface area contributed by atoms with Crippen LogP contribution in [0.2, 0.25) is 15.1 Å². The second-order valence-electron chi connectivity index (χ2n) is 6.80. The van der Waals surface area contributed by atoms with Gasteiger partial charge >= 0.3 is 5.97 Å². The summed E-state index contributed by atoms with van der Waals surface area (Å²) < 4.78 is 6.95. The van der Waals surface area contributed by atoms with Crippen molar-refractivity contribution < 1.29 is 9.53 Å². The molecule has 0 fully saturated rings. The molecular formula is C22H15Cl3N2O3S. The van der Waals surface area contributed by atoms with Crippen LogP contribution in [0.5, 0.6) is 0 Å². The molecule has 158 valence electrons. The normalized spacial score (nSPS) is 16.2. The summed E-state index contributed by atoms with van der Waals surface area (Å²) in [4.78, 5) is 31.0.